The molecule has 0 fully saturated rings. The van der Waals surface area contributed by atoms with Crippen molar-refractivity contribution in [1.29, 1.82) is 0 Å². The summed E-state index contributed by atoms with van der Waals surface area (Å²) >= 11 is 5.63. The number of esters is 1. The molecule has 0 aliphatic rings. The number of rotatable bonds is 7. The van der Waals surface area contributed by atoms with Crippen LogP contribution in [-0.2, 0) is 9.53 Å². The fourth-order valence-electron chi connectivity index (χ4n) is 2.21. The molecule has 0 aliphatic heterocycles. The van der Waals surface area contributed by atoms with E-state index in [1.54, 1.807) is 0 Å². The summed E-state index contributed by atoms with van der Waals surface area (Å²) in [6.07, 6.45) is 1.65. The molecular formula is C18H19ClO2. The summed E-state index contributed by atoms with van der Waals surface area (Å²) in [6.45, 7) is 0.418. The summed E-state index contributed by atoms with van der Waals surface area (Å²) in [5.74, 6) is 0.0172. The van der Waals surface area contributed by atoms with Gasteiger partial charge in [0.2, 0.25) is 0 Å². The third kappa shape index (κ3) is 4.61. The number of hydrogen-bond donors (Lipinski definition) is 0. The van der Waals surface area contributed by atoms with Gasteiger partial charge in [-0.15, -0.1) is 11.6 Å². The molecule has 0 atom stereocenters. The monoisotopic (exact) mass is 302 g/mol. The van der Waals surface area contributed by atoms with E-state index in [0.29, 0.717) is 12.5 Å². The van der Waals surface area contributed by atoms with Crippen molar-refractivity contribution in [3.63, 3.8) is 0 Å². The molecule has 2 nitrogen and oxygen atoms in total. The molecule has 2 aromatic rings. The molecule has 0 amide bonds. The van der Waals surface area contributed by atoms with E-state index in [1.165, 1.54) is 0 Å². The van der Waals surface area contributed by atoms with Crippen LogP contribution in [0.1, 0.15) is 29.9 Å². The Morgan fingerprint density at radius 1 is 0.905 bits per heavy atom. The van der Waals surface area contributed by atoms with Gasteiger partial charge in [-0.2, -0.15) is 0 Å². The highest BCUT2D eigenvalue weighted by atomic mass is 35.5. The Hall–Kier alpha value is -1.80. The highest BCUT2D eigenvalue weighted by molar-refractivity contribution is 6.17. The van der Waals surface area contributed by atoms with Crippen molar-refractivity contribution in [2.45, 2.75) is 18.8 Å². The largest absolute Gasteiger partial charge is 0.465 e. The normalized spacial score (nSPS) is 10.6. The first-order valence-corrected chi connectivity index (χ1v) is 7.69. The lowest BCUT2D eigenvalue weighted by Crippen LogP contribution is -2.18. The Balaban J connectivity index is 2.15. The minimum atomic E-state index is -0.372. The number of carbonyl (C=O) groups is 1. The number of alkyl halides is 1. The van der Waals surface area contributed by atoms with Crippen molar-refractivity contribution in [3.8, 4) is 0 Å². The fourth-order valence-corrected chi connectivity index (χ4v) is 2.40. The molecule has 0 saturated carbocycles. The fraction of sp³-hybridized carbons (Fsp3) is 0.278. The van der Waals surface area contributed by atoms with E-state index in [4.69, 9.17) is 16.3 Å². The summed E-state index contributed by atoms with van der Waals surface area (Å²) in [5.41, 5.74) is 1.90. The van der Waals surface area contributed by atoms with Gasteiger partial charge in [0.05, 0.1) is 6.61 Å². The zero-order valence-corrected chi connectivity index (χ0v) is 12.6. The quantitative estimate of drug-likeness (QED) is 0.431. The minimum Gasteiger partial charge on any atom is -0.465 e. The van der Waals surface area contributed by atoms with E-state index < -0.39 is 0 Å². The van der Waals surface area contributed by atoms with Gasteiger partial charge in [0.1, 0.15) is 5.92 Å². The van der Waals surface area contributed by atoms with Crippen LogP contribution in [0, 0.1) is 0 Å². The average molecular weight is 303 g/mol. The molecule has 0 unspecified atom stereocenters. The smallest absolute Gasteiger partial charge is 0.317 e. The summed E-state index contributed by atoms with van der Waals surface area (Å²) in [4.78, 5) is 12.5. The van der Waals surface area contributed by atoms with Gasteiger partial charge in [-0.25, -0.2) is 0 Å². The predicted octanol–water partition coefficient (Wildman–Crippen LogP) is 4.38. The second-order valence-corrected chi connectivity index (χ2v) is 5.20. The average Bonchev–Trinajstić information content (AvgIpc) is 2.54. The molecule has 2 rings (SSSR count). The van der Waals surface area contributed by atoms with Gasteiger partial charge in [0.15, 0.2) is 0 Å². The standard InChI is InChI=1S/C18H19ClO2/c19-13-7-8-14-21-18(20)17(15-9-3-1-4-10-15)16-11-5-2-6-12-16/h1-6,9-12,17H,7-8,13-14H2. The number of halogens is 1. The maximum Gasteiger partial charge on any atom is 0.317 e. The van der Waals surface area contributed by atoms with Gasteiger partial charge in [-0.05, 0) is 24.0 Å². The van der Waals surface area contributed by atoms with Crippen LogP contribution in [-0.4, -0.2) is 18.5 Å². The van der Waals surface area contributed by atoms with Crippen molar-refractivity contribution in [2.75, 3.05) is 12.5 Å². The first kappa shape index (κ1) is 15.6. The summed E-state index contributed by atoms with van der Waals surface area (Å²) in [7, 11) is 0. The first-order valence-electron chi connectivity index (χ1n) is 7.15. The van der Waals surface area contributed by atoms with Crippen molar-refractivity contribution in [1.82, 2.24) is 0 Å². The van der Waals surface area contributed by atoms with Crippen molar-refractivity contribution in [2.24, 2.45) is 0 Å². The number of hydrogen-bond acceptors (Lipinski definition) is 2. The van der Waals surface area contributed by atoms with Gasteiger partial charge in [0, 0.05) is 5.88 Å². The van der Waals surface area contributed by atoms with Crippen LogP contribution >= 0.6 is 11.6 Å². The number of unbranched alkanes of at least 4 members (excludes halogenated alkanes) is 1. The topological polar surface area (TPSA) is 26.3 Å². The summed E-state index contributed by atoms with van der Waals surface area (Å²) in [5, 5.41) is 0. The Bertz CT molecular complexity index is 500. The van der Waals surface area contributed by atoms with Crippen molar-refractivity contribution >= 4 is 17.6 Å². The molecule has 0 aliphatic carbocycles. The van der Waals surface area contributed by atoms with E-state index in [0.717, 1.165) is 24.0 Å². The molecule has 0 N–H and O–H groups in total. The van der Waals surface area contributed by atoms with Crippen LogP contribution < -0.4 is 0 Å². The maximum absolute atomic E-state index is 12.5. The third-order valence-electron chi connectivity index (χ3n) is 3.27. The number of carbonyl (C=O) groups excluding carboxylic acids is 1. The highest BCUT2D eigenvalue weighted by Crippen LogP contribution is 2.25. The van der Waals surface area contributed by atoms with Crippen LogP contribution in [0.4, 0.5) is 0 Å². The van der Waals surface area contributed by atoms with Crippen molar-refractivity contribution in [3.05, 3.63) is 71.8 Å². The maximum atomic E-state index is 12.5. The Morgan fingerprint density at radius 3 is 1.90 bits per heavy atom. The zero-order valence-electron chi connectivity index (χ0n) is 11.9. The van der Waals surface area contributed by atoms with Gasteiger partial charge in [-0.3, -0.25) is 4.79 Å². The first-order chi connectivity index (χ1) is 10.3. The molecule has 0 aromatic heterocycles. The Morgan fingerprint density at radius 2 is 1.43 bits per heavy atom. The predicted molar refractivity (Wildman–Crippen MR) is 85.6 cm³/mol. The summed E-state index contributed by atoms with van der Waals surface area (Å²) in [6, 6.07) is 19.5. The molecule has 21 heavy (non-hydrogen) atoms. The van der Waals surface area contributed by atoms with E-state index in [1.807, 2.05) is 60.7 Å². The van der Waals surface area contributed by atoms with Crippen LogP contribution in [0.15, 0.2) is 60.7 Å². The van der Waals surface area contributed by atoms with Crippen LogP contribution in [0.25, 0.3) is 0 Å². The zero-order chi connectivity index (χ0) is 14.9. The van der Waals surface area contributed by atoms with Crippen LogP contribution in [0.2, 0.25) is 0 Å². The number of benzene rings is 2. The molecule has 0 spiro atoms. The lowest BCUT2D eigenvalue weighted by molar-refractivity contribution is -0.144. The number of ether oxygens (including phenoxy) is 1. The third-order valence-corrected chi connectivity index (χ3v) is 3.54. The molecule has 110 valence electrons. The van der Waals surface area contributed by atoms with E-state index in [9.17, 15) is 4.79 Å². The Labute approximate surface area is 130 Å². The van der Waals surface area contributed by atoms with Crippen molar-refractivity contribution < 1.29 is 9.53 Å². The highest BCUT2D eigenvalue weighted by Gasteiger charge is 2.23. The second-order valence-electron chi connectivity index (χ2n) is 4.82. The molecule has 2 aromatic carbocycles. The van der Waals surface area contributed by atoms with Gasteiger partial charge < -0.3 is 4.74 Å². The molecule has 0 heterocycles. The van der Waals surface area contributed by atoms with Crippen LogP contribution in [0.5, 0.6) is 0 Å². The van der Waals surface area contributed by atoms with E-state index in [-0.39, 0.29) is 11.9 Å². The molecule has 0 saturated heterocycles. The molecular weight excluding hydrogens is 284 g/mol. The molecule has 3 heteroatoms. The van der Waals surface area contributed by atoms with Gasteiger partial charge in [-0.1, -0.05) is 60.7 Å². The molecule has 0 bridgehead atoms. The van der Waals surface area contributed by atoms with E-state index >= 15 is 0 Å². The van der Waals surface area contributed by atoms with Gasteiger partial charge in [0.25, 0.3) is 0 Å². The second kappa shape index (κ2) is 8.48. The van der Waals surface area contributed by atoms with E-state index in [2.05, 4.69) is 0 Å². The lowest BCUT2D eigenvalue weighted by atomic mass is 9.91. The summed E-state index contributed by atoms with van der Waals surface area (Å²) < 4.78 is 5.42. The van der Waals surface area contributed by atoms with Gasteiger partial charge >= 0.3 is 5.97 Å². The van der Waals surface area contributed by atoms with Crippen LogP contribution in [0.3, 0.4) is 0 Å². The minimum absolute atomic E-state index is 0.207. The lowest BCUT2D eigenvalue weighted by Gasteiger charge is -2.17. The molecule has 0 radical (unpaired) electrons. The SMILES string of the molecule is O=C(OCCCCCl)C(c1ccccc1)c1ccccc1. The Kier molecular flexibility index (Phi) is 6.29.